The number of fused-ring (bicyclic) bond motifs is 1. The fourth-order valence-electron chi connectivity index (χ4n) is 1.56. The maximum absolute atomic E-state index is 10.9. The number of aryl methyl sites for hydroxylation is 2. The number of hydrogen-bond donors (Lipinski definition) is 2. The molecule has 1 heterocycles. The van der Waals surface area contributed by atoms with E-state index >= 15 is 0 Å². The molecule has 0 saturated carbocycles. The summed E-state index contributed by atoms with van der Waals surface area (Å²) >= 11 is 1.43. The lowest BCUT2D eigenvalue weighted by atomic mass is 10.1. The second kappa shape index (κ2) is 3.77. The normalized spacial score (nSPS) is 19.2. The molecule has 1 aliphatic heterocycles. The van der Waals surface area contributed by atoms with E-state index < -0.39 is 5.97 Å². The van der Waals surface area contributed by atoms with Crippen molar-refractivity contribution >= 4 is 23.4 Å². The van der Waals surface area contributed by atoms with Crippen LogP contribution in [0.5, 0.6) is 0 Å². The van der Waals surface area contributed by atoms with Gasteiger partial charge >= 0.3 is 5.97 Å². The van der Waals surface area contributed by atoms with E-state index in [1.807, 2.05) is 6.92 Å². The van der Waals surface area contributed by atoms with Crippen LogP contribution in [-0.2, 0) is 4.79 Å². The lowest BCUT2D eigenvalue weighted by Gasteiger charge is -2.23. The SMILES string of the molecule is Cc1cc2c(cc1C)SC(C(=O)O)CN2. The zero-order valence-electron chi connectivity index (χ0n) is 8.70. The van der Waals surface area contributed by atoms with E-state index in [0.717, 1.165) is 10.6 Å². The molecule has 0 amide bonds. The summed E-state index contributed by atoms with van der Waals surface area (Å²) in [6.45, 7) is 4.60. The molecule has 1 aromatic carbocycles. The molecule has 1 aromatic rings. The van der Waals surface area contributed by atoms with Gasteiger partial charge in [0, 0.05) is 17.1 Å². The molecule has 1 aliphatic rings. The van der Waals surface area contributed by atoms with Crippen molar-refractivity contribution in [3.8, 4) is 0 Å². The van der Waals surface area contributed by atoms with Gasteiger partial charge in [0.1, 0.15) is 5.25 Å². The Morgan fingerprint density at radius 1 is 1.47 bits per heavy atom. The molecule has 1 atom stereocenters. The topological polar surface area (TPSA) is 49.3 Å². The van der Waals surface area contributed by atoms with Crippen molar-refractivity contribution in [2.45, 2.75) is 24.0 Å². The Kier molecular flexibility index (Phi) is 2.61. The first-order valence-corrected chi connectivity index (χ1v) is 5.70. The molecular weight excluding hydrogens is 210 g/mol. The lowest BCUT2D eigenvalue weighted by Crippen LogP contribution is -2.28. The number of carboxylic acid groups (broad SMARTS) is 1. The van der Waals surface area contributed by atoms with Gasteiger partial charge in [0.25, 0.3) is 0 Å². The van der Waals surface area contributed by atoms with Crippen LogP contribution in [0.2, 0.25) is 0 Å². The third-order valence-corrected chi connectivity index (χ3v) is 3.86. The summed E-state index contributed by atoms with van der Waals surface area (Å²) in [6.07, 6.45) is 0. The van der Waals surface area contributed by atoms with Crippen molar-refractivity contribution in [2.75, 3.05) is 11.9 Å². The number of thioether (sulfide) groups is 1. The number of carboxylic acids is 1. The molecule has 0 aromatic heterocycles. The van der Waals surface area contributed by atoms with Crippen molar-refractivity contribution in [2.24, 2.45) is 0 Å². The monoisotopic (exact) mass is 223 g/mol. The van der Waals surface area contributed by atoms with E-state index in [-0.39, 0.29) is 5.25 Å². The Labute approximate surface area is 92.9 Å². The Morgan fingerprint density at radius 2 is 2.13 bits per heavy atom. The second-order valence-corrected chi connectivity index (χ2v) is 5.00. The minimum Gasteiger partial charge on any atom is -0.480 e. The molecule has 80 valence electrons. The van der Waals surface area contributed by atoms with Crippen LogP contribution in [0.15, 0.2) is 17.0 Å². The van der Waals surface area contributed by atoms with E-state index in [2.05, 4.69) is 24.4 Å². The molecule has 1 unspecified atom stereocenters. The Balaban J connectivity index is 2.34. The van der Waals surface area contributed by atoms with Gasteiger partial charge in [-0.2, -0.15) is 0 Å². The van der Waals surface area contributed by atoms with E-state index in [4.69, 9.17) is 5.11 Å². The maximum Gasteiger partial charge on any atom is 0.318 e. The quantitative estimate of drug-likeness (QED) is 0.767. The van der Waals surface area contributed by atoms with Gasteiger partial charge in [0.05, 0.1) is 0 Å². The number of aliphatic carboxylic acids is 1. The van der Waals surface area contributed by atoms with Crippen LogP contribution >= 0.6 is 11.8 Å². The third-order valence-electron chi connectivity index (χ3n) is 2.62. The summed E-state index contributed by atoms with van der Waals surface area (Å²) in [5.74, 6) is -0.753. The fraction of sp³-hybridized carbons (Fsp3) is 0.364. The summed E-state index contributed by atoms with van der Waals surface area (Å²) in [6, 6.07) is 4.13. The highest BCUT2D eigenvalue weighted by Crippen LogP contribution is 2.36. The highest BCUT2D eigenvalue weighted by atomic mass is 32.2. The summed E-state index contributed by atoms with van der Waals surface area (Å²) in [5.41, 5.74) is 3.49. The third kappa shape index (κ3) is 1.95. The van der Waals surface area contributed by atoms with E-state index in [9.17, 15) is 4.79 Å². The number of hydrogen-bond acceptors (Lipinski definition) is 3. The summed E-state index contributed by atoms with van der Waals surface area (Å²) in [5, 5.41) is 11.7. The predicted octanol–water partition coefficient (Wildman–Crippen LogP) is 2.27. The van der Waals surface area contributed by atoms with Gasteiger partial charge in [-0.3, -0.25) is 4.79 Å². The van der Waals surface area contributed by atoms with Gasteiger partial charge in [-0.1, -0.05) is 0 Å². The van der Waals surface area contributed by atoms with Gasteiger partial charge in [-0.25, -0.2) is 0 Å². The molecule has 2 rings (SSSR count). The molecule has 15 heavy (non-hydrogen) atoms. The van der Waals surface area contributed by atoms with Gasteiger partial charge < -0.3 is 10.4 Å². The first kappa shape index (κ1) is 10.4. The van der Waals surface area contributed by atoms with Crippen LogP contribution in [0.1, 0.15) is 11.1 Å². The first-order chi connectivity index (χ1) is 7.08. The van der Waals surface area contributed by atoms with Crippen molar-refractivity contribution in [1.29, 1.82) is 0 Å². The number of nitrogens with one attached hydrogen (secondary N) is 1. The van der Waals surface area contributed by atoms with Gasteiger partial charge in [0.2, 0.25) is 0 Å². The van der Waals surface area contributed by atoms with E-state index in [0.29, 0.717) is 6.54 Å². The van der Waals surface area contributed by atoms with Crippen LogP contribution < -0.4 is 5.32 Å². The number of rotatable bonds is 1. The summed E-state index contributed by atoms with van der Waals surface area (Å²) < 4.78 is 0. The Bertz CT molecular complexity index is 417. The van der Waals surface area contributed by atoms with Gasteiger partial charge in [-0.15, -0.1) is 11.8 Å². The highest BCUT2D eigenvalue weighted by molar-refractivity contribution is 8.00. The molecule has 3 nitrogen and oxygen atoms in total. The second-order valence-electron chi connectivity index (χ2n) is 3.76. The summed E-state index contributed by atoms with van der Waals surface area (Å²) in [4.78, 5) is 11.9. The highest BCUT2D eigenvalue weighted by Gasteiger charge is 2.24. The zero-order chi connectivity index (χ0) is 11.0. The molecule has 0 saturated heterocycles. The van der Waals surface area contributed by atoms with E-state index in [1.54, 1.807) is 0 Å². The molecular formula is C11H13NO2S. The van der Waals surface area contributed by atoms with Gasteiger partial charge in [0.15, 0.2) is 0 Å². The molecule has 0 fully saturated rings. The molecule has 2 N–H and O–H groups in total. The Hall–Kier alpha value is -1.16. The average molecular weight is 223 g/mol. The lowest BCUT2D eigenvalue weighted by molar-refractivity contribution is -0.136. The first-order valence-electron chi connectivity index (χ1n) is 4.82. The fourth-order valence-corrected chi connectivity index (χ4v) is 2.64. The molecule has 0 aliphatic carbocycles. The molecule has 0 radical (unpaired) electrons. The van der Waals surface area contributed by atoms with Crippen LogP contribution in [-0.4, -0.2) is 22.9 Å². The molecule has 0 spiro atoms. The molecule has 0 bridgehead atoms. The summed E-state index contributed by atoms with van der Waals surface area (Å²) in [7, 11) is 0. The maximum atomic E-state index is 10.9. The predicted molar refractivity (Wildman–Crippen MR) is 61.7 cm³/mol. The Morgan fingerprint density at radius 3 is 2.80 bits per heavy atom. The van der Waals surface area contributed by atoms with Crippen molar-refractivity contribution in [1.82, 2.24) is 0 Å². The smallest absolute Gasteiger partial charge is 0.318 e. The van der Waals surface area contributed by atoms with Gasteiger partial charge in [-0.05, 0) is 37.1 Å². The van der Waals surface area contributed by atoms with Crippen molar-refractivity contribution < 1.29 is 9.90 Å². The minimum atomic E-state index is -0.753. The largest absolute Gasteiger partial charge is 0.480 e. The van der Waals surface area contributed by atoms with Crippen LogP contribution in [0.25, 0.3) is 0 Å². The standard InChI is InChI=1S/C11H13NO2S/c1-6-3-8-9(4-7(6)2)15-10(5-12-8)11(13)14/h3-4,10,12H,5H2,1-2H3,(H,13,14). The molecule has 4 heteroatoms. The van der Waals surface area contributed by atoms with Crippen molar-refractivity contribution in [3.05, 3.63) is 23.3 Å². The zero-order valence-corrected chi connectivity index (χ0v) is 9.52. The average Bonchev–Trinajstić information content (AvgIpc) is 2.19. The number of benzene rings is 1. The van der Waals surface area contributed by atoms with Crippen LogP contribution in [0.4, 0.5) is 5.69 Å². The number of anilines is 1. The van der Waals surface area contributed by atoms with Crippen LogP contribution in [0, 0.1) is 13.8 Å². The van der Waals surface area contributed by atoms with Crippen LogP contribution in [0.3, 0.4) is 0 Å². The van der Waals surface area contributed by atoms with Crippen molar-refractivity contribution in [3.63, 3.8) is 0 Å². The minimum absolute atomic E-state index is 0.375. The van der Waals surface area contributed by atoms with E-state index in [1.165, 1.54) is 22.9 Å². The number of carbonyl (C=O) groups is 1.